The number of carbonyl (C=O) groups is 2. The van der Waals surface area contributed by atoms with E-state index in [4.69, 9.17) is 0 Å². The molecule has 0 aliphatic rings. The van der Waals surface area contributed by atoms with Crippen molar-refractivity contribution >= 4 is 11.8 Å². The zero-order valence-electron chi connectivity index (χ0n) is 18.2. The molecule has 0 radical (unpaired) electrons. The zero-order chi connectivity index (χ0) is 22.5. The molecule has 0 aliphatic heterocycles. The van der Waals surface area contributed by atoms with Gasteiger partial charge in [0.15, 0.2) is 0 Å². The molecular weight excluding hydrogens is 395 g/mol. The number of hydrogen-bond donors (Lipinski definition) is 2. The largest absolute Gasteiger partial charge is 0.350 e. The molecule has 31 heavy (non-hydrogen) atoms. The molecule has 162 valence electrons. The Balaban J connectivity index is 1.72. The van der Waals surface area contributed by atoms with Crippen molar-refractivity contribution in [2.24, 2.45) is 0 Å². The van der Waals surface area contributed by atoms with E-state index in [1.165, 1.54) is 12.1 Å². The van der Waals surface area contributed by atoms with Crippen molar-refractivity contribution < 1.29 is 14.0 Å². The summed E-state index contributed by atoms with van der Waals surface area (Å²) in [6.07, 6.45) is 0.853. The predicted molar refractivity (Wildman–Crippen MR) is 118 cm³/mol. The van der Waals surface area contributed by atoms with E-state index < -0.39 is 0 Å². The minimum atomic E-state index is -0.330. The van der Waals surface area contributed by atoms with Gasteiger partial charge in [0.05, 0.1) is 22.6 Å². The third kappa shape index (κ3) is 5.17. The molecule has 0 bridgehead atoms. The molecule has 7 heteroatoms. The number of nitrogens with one attached hydrogen (secondary N) is 2. The monoisotopic (exact) mass is 422 g/mol. The van der Waals surface area contributed by atoms with Crippen LogP contribution in [0.1, 0.15) is 57.9 Å². The normalized spacial score (nSPS) is 11.8. The summed E-state index contributed by atoms with van der Waals surface area (Å²) in [6, 6.07) is 13.2. The van der Waals surface area contributed by atoms with Crippen LogP contribution in [0.5, 0.6) is 0 Å². The average Bonchev–Trinajstić information content (AvgIpc) is 3.06. The average molecular weight is 423 g/mol. The predicted octanol–water partition coefficient (Wildman–Crippen LogP) is 4.09. The van der Waals surface area contributed by atoms with Gasteiger partial charge in [-0.1, -0.05) is 19.1 Å². The molecule has 1 heterocycles. The summed E-state index contributed by atoms with van der Waals surface area (Å²) in [7, 11) is 0. The van der Waals surface area contributed by atoms with Gasteiger partial charge in [0.1, 0.15) is 5.82 Å². The molecule has 0 aliphatic carbocycles. The van der Waals surface area contributed by atoms with Crippen LogP contribution in [0.3, 0.4) is 0 Å². The van der Waals surface area contributed by atoms with Gasteiger partial charge in [0.2, 0.25) is 0 Å². The van der Waals surface area contributed by atoms with Crippen molar-refractivity contribution in [3.8, 4) is 5.69 Å². The fraction of sp³-hybridized carbons (Fsp3) is 0.292. The molecule has 1 aromatic heterocycles. The smallest absolute Gasteiger partial charge is 0.255 e. The number of benzene rings is 2. The maximum Gasteiger partial charge on any atom is 0.255 e. The van der Waals surface area contributed by atoms with Gasteiger partial charge < -0.3 is 10.6 Å². The van der Waals surface area contributed by atoms with Gasteiger partial charge in [-0.3, -0.25) is 9.59 Å². The van der Waals surface area contributed by atoms with E-state index in [-0.39, 0.29) is 30.2 Å². The van der Waals surface area contributed by atoms with E-state index in [1.807, 2.05) is 19.9 Å². The summed E-state index contributed by atoms with van der Waals surface area (Å²) in [5.74, 6) is -0.712. The highest BCUT2D eigenvalue weighted by Crippen LogP contribution is 2.18. The number of nitrogens with zero attached hydrogens (tertiary/aromatic N) is 2. The van der Waals surface area contributed by atoms with Crippen LogP contribution in [0.25, 0.3) is 5.69 Å². The van der Waals surface area contributed by atoms with E-state index in [0.717, 1.165) is 12.0 Å². The Morgan fingerprint density at radius 2 is 1.81 bits per heavy atom. The molecule has 1 atom stereocenters. The van der Waals surface area contributed by atoms with E-state index in [0.29, 0.717) is 28.2 Å². The second-order valence-corrected chi connectivity index (χ2v) is 7.60. The first-order valence-corrected chi connectivity index (χ1v) is 10.3. The lowest BCUT2D eigenvalue weighted by Gasteiger charge is -2.12. The highest BCUT2D eigenvalue weighted by atomic mass is 19.1. The van der Waals surface area contributed by atoms with Crippen LogP contribution in [0, 0.1) is 19.7 Å². The number of hydrogen-bond acceptors (Lipinski definition) is 3. The number of aromatic nitrogens is 2. The third-order valence-corrected chi connectivity index (χ3v) is 5.22. The topological polar surface area (TPSA) is 76.0 Å². The Morgan fingerprint density at radius 3 is 2.48 bits per heavy atom. The first-order chi connectivity index (χ1) is 14.8. The summed E-state index contributed by atoms with van der Waals surface area (Å²) in [4.78, 5) is 25.2. The minimum Gasteiger partial charge on any atom is -0.350 e. The van der Waals surface area contributed by atoms with Crippen LogP contribution in [0.2, 0.25) is 0 Å². The lowest BCUT2D eigenvalue weighted by Crippen LogP contribution is -2.32. The van der Waals surface area contributed by atoms with Crippen LogP contribution < -0.4 is 10.6 Å². The van der Waals surface area contributed by atoms with Crippen LogP contribution >= 0.6 is 0 Å². The second-order valence-electron chi connectivity index (χ2n) is 7.60. The molecule has 0 saturated carbocycles. The van der Waals surface area contributed by atoms with E-state index in [9.17, 15) is 14.0 Å². The fourth-order valence-corrected chi connectivity index (χ4v) is 3.31. The Bertz CT molecular complexity index is 1090. The quantitative estimate of drug-likeness (QED) is 0.602. The fourth-order valence-electron chi connectivity index (χ4n) is 3.31. The summed E-state index contributed by atoms with van der Waals surface area (Å²) in [5.41, 5.74) is 3.80. The minimum absolute atomic E-state index is 0.0967. The first-order valence-electron chi connectivity index (χ1n) is 10.3. The molecule has 6 nitrogen and oxygen atoms in total. The lowest BCUT2D eigenvalue weighted by molar-refractivity contribution is 0.0936. The Labute approximate surface area is 181 Å². The van der Waals surface area contributed by atoms with Crippen molar-refractivity contribution in [3.63, 3.8) is 0 Å². The standard InChI is InChI=1S/C24H27FN4O2/c1-5-15(2)27-23(30)19-8-6-7-18(13-19)14-26-24(31)22-16(3)28-29(17(22)4)21-11-9-20(25)10-12-21/h6-13,15H,5,14H2,1-4H3,(H,26,31)(H,27,30). The number of carbonyl (C=O) groups excluding carboxylic acids is 2. The van der Waals surface area contributed by atoms with E-state index in [2.05, 4.69) is 15.7 Å². The van der Waals surface area contributed by atoms with Gasteiger partial charge in [0.25, 0.3) is 11.8 Å². The number of aryl methyl sites for hydroxylation is 1. The van der Waals surface area contributed by atoms with Gasteiger partial charge in [-0.15, -0.1) is 0 Å². The van der Waals surface area contributed by atoms with Crippen molar-refractivity contribution in [2.45, 2.75) is 46.7 Å². The summed E-state index contributed by atoms with van der Waals surface area (Å²) < 4.78 is 14.8. The molecule has 0 fully saturated rings. The van der Waals surface area contributed by atoms with Gasteiger partial charge in [-0.2, -0.15) is 5.10 Å². The van der Waals surface area contributed by atoms with Crippen LogP contribution in [-0.2, 0) is 6.54 Å². The Hall–Kier alpha value is -3.48. The van der Waals surface area contributed by atoms with Crippen molar-refractivity contribution in [1.82, 2.24) is 20.4 Å². The third-order valence-electron chi connectivity index (χ3n) is 5.22. The number of halogens is 1. The summed E-state index contributed by atoms with van der Waals surface area (Å²) in [5, 5.41) is 10.3. The SMILES string of the molecule is CCC(C)NC(=O)c1cccc(CNC(=O)c2c(C)nn(-c3ccc(F)cc3)c2C)c1. The molecule has 2 aromatic carbocycles. The van der Waals surface area contributed by atoms with Gasteiger partial charge in [-0.05, 0) is 69.2 Å². The Kier molecular flexibility index (Phi) is 6.84. The van der Waals surface area contributed by atoms with Gasteiger partial charge in [-0.25, -0.2) is 9.07 Å². The highest BCUT2D eigenvalue weighted by Gasteiger charge is 2.19. The summed E-state index contributed by atoms with van der Waals surface area (Å²) in [6.45, 7) is 7.82. The van der Waals surface area contributed by atoms with Crippen LogP contribution in [-0.4, -0.2) is 27.6 Å². The van der Waals surface area contributed by atoms with Gasteiger partial charge >= 0.3 is 0 Å². The van der Waals surface area contributed by atoms with Gasteiger partial charge in [0, 0.05) is 18.2 Å². The van der Waals surface area contributed by atoms with Crippen LogP contribution in [0.15, 0.2) is 48.5 Å². The molecule has 3 aromatic rings. The Morgan fingerprint density at radius 1 is 1.10 bits per heavy atom. The lowest BCUT2D eigenvalue weighted by atomic mass is 10.1. The molecule has 1 unspecified atom stereocenters. The summed E-state index contributed by atoms with van der Waals surface area (Å²) >= 11 is 0. The molecule has 2 N–H and O–H groups in total. The van der Waals surface area contributed by atoms with E-state index in [1.54, 1.807) is 48.9 Å². The molecular formula is C24H27FN4O2. The maximum atomic E-state index is 13.2. The number of amides is 2. The molecule has 3 rings (SSSR count). The maximum absolute atomic E-state index is 13.2. The van der Waals surface area contributed by atoms with Crippen molar-refractivity contribution in [3.05, 3.63) is 82.4 Å². The van der Waals surface area contributed by atoms with Crippen molar-refractivity contribution in [1.29, 1.82) is 0 Å². The van der Waals surface area contributed by atoms with Crippen LogP contribution in [0.4, 0.5) is 4.39 Å². The zero-order valence-corrected chi connectivity index (χ0v) is 18.2. The van der Waals surface area contributed by atoms with Crippen molar-refractivity contribution in [2.75, 3.05) is 0 Å². The molecule has 0 saturated heterocycles. The second kappa shape index (κ2) is 9.55. The number of rotatable bonds is 7. The molecule has 0 spiro atoms. The molecule has 2 amide bonds. The first kappa shape index (κ1) is 22.2. The highest BCUT2D eigenvalue weighted by molar-refractivity contribution is 5.97. The van der Waals surface area contributed by atoms with E-state index >= 15 is 0 Å².